The smallest absolute Gasteiger partial charge is 0.296 e. The van der Waals surface area contributed by atoms with Gasteiger partial charge in [-0.15, -0.1) is 0 Å². The number of benzene rings is 1. The lowest BCUT2D eigenvalue weighted by Gasteiger charge is -2.12. The topological polar surface area (TPSA) is 58.5 Å². The van der Waals surface area contributed by atoms with Crippen molar-refractivity contribution >= 4 is 23.1 Å². The molecule has 1 unspecified atom stereocenters. The first-order valence-corrected chi connectivity index (χ1v) is 6.39. The number of para-hydroxylation sites is 1. The van der Waals surface area contributed by atoms with Gasteiger partial charge in [0.1, 0.15) is 5.82 Å². The molecular weight excluding hydrogens is 271 g/mol. The van der Waals surface area contributed by atoms with E-state index < -0.39 is 17.5 Å². The number of amides is 1. The van der Waals surface area contributed by atoms with Crippen molar-refractivity contribution in [2.45, 2.75) is 0 Å². The zero-order valence-electron chi connectivity index (χ0n) is 10.9. The van der Waals surface area contributed by atoms with E-state index in [4.69, 9.17) is 0 Å². The van der Waals surface area contributed by atoms with Crippen LogP contribution >= 0.6 is 0 Å². The van der Waals surface area contributed by atoms with Gasteiger partial charge >= 0.3 is 0 Å². The number of aliphatic imine (C=N–C) groups is 1. The summed E-state index contributed by atoms with van der Waals surface area (Å²) in [6, 6.07) is 5.69. The maximum absolute atomic E-state index is 13.5. The Balaban J connectivity index is 1.75. The number of fused-ring (bicyclic) bond motifs is 1. The number of carbonyl (C=O) groups excluding carboxylic acids is 2. The van der Waals surface area contributed by atoms with Crippen LogP contribution in [-0.4, -0.2) is 17.4 Å². The van der Waals surface area contributed by atoms with Gasteiger partial charge in [-0.1, -0.05) is 30.4 Å². The Morgan fingerprint density at radius 2 is 2.00 bits per heavy atom. The summed E-state index contributed by atoms with van der Waals surface area (Å²) in [5, 5.41) is 2.29. The number of nitrogens with one attached hydrogen (secondary N) is 1. The molecule has 0 bridgehead atoms. The number of hydrogen-bond donors (Lipinski definition) is 1. The molecular formula is C16H11FN2O2. The van der Waals surface area contributed by atoms with Crippen molar-refractivity contribution in [3.05, 3.63) is 66.2 Å². The van der Waals surface area contributed by atoms with E-state index in [1.54, 1.807) is 24.3 Å². The van der Waals surface area contributed by atoms with Crippen molar-refractivity contribution in [3.63, 3.8) is 0 Å². The molecule has 0 aromatic heterocycles. The number of rotatable bonds is 3. The van der Waals surface area contributed by atoms with Crippen molar-refractivity contribution in [2.75, 3.05) is 5.32 Å². The lowest BCUT2D eigenvalue weighted by atomic mass is 9.90. The van der Waals surface area contributed by atoms with Gasteiger partial charge in [-0.25, -0.2) is 4.39 Å². The number of anilines is 1. The zero-order valence-corrected chi connectivity index (χ0v) is 10.9. The van der Waals surface area contributed by atoms with E-state index >= 15 is 0 Å². The second-order valence-electron chi connectivity index (χ2n) is 4.62. The van der Waals surface area contributed by atoms with Crippen LogP contribution in [-0.2, 0) is 9.59 Å². The molecule has 0 fully saturated rings. The summed E-state index contributed by atoms with van der Waals surface area (Å²) in [7, 11) is 0. The summed E-state index contributed by atoms with van der Waals surface area (Å²) in [4.78, 5) is 28.3. The first-order valence-electron chi connectivity index (χ1n) is 6.39. The summed E-state index contributed by atoms with van der Waals surface area (Å²) >= 11 is 0. The van der Waals surface area contributed by atoms with E-state index in [0.717, 1.165) is 5.71 Å². The number of Topliss-reactive ketones (excluding diaryl/α,β-unsaturated/α-hetero) is 1. The average molecular weight is 282 g/mol. The lowest BCUT2D eigenvalue weighted by molar-refractivity contribution is -0.132. The third-order valence-electron chi connectivity index (χ3n) is 3.28. The summed E-state index contributed by atoms with van der Waals surface area (Å²) < 4.78 is 13.5. The van der Waals surface area contributed by atoms with Gasteiger partial charge in [0.05, 0.1) is 17.3 Å². The van der Waals surface area contributed by atoms with Gasteiger partial charge in [-0.2, -0.15) is 0 Å². The van der Waals surface area contributed by atoms with Gasteiger partial charge in [0.25, 0.3) is 5.91 Å². The summed E-state index contributed by atoms with van der Waals surface area (Å²) in [6.07, 6.45) is 8.59. The summed E-state index contributed by atoms with van der Waals surface area (Å²) in [6.45, 7) is 0. The fourth-order valence-corrected chi connectivity index (χ4v) is 2.21. The van der Waals surface area contributed by atoms with Crippen LogP contribution in [0.3, 0.4) is 0 Å². The van der Waals surface area contributed by atoms with Crippen LogP contribution in [0.15, 0.2) is 65.3 Å². The second-order valence-corrected chi connectivity index (χ2v) is 4.62. The molecule has 0 saturated heterocycles. The average Bonchev–Trinajstić information content (AvgIpc) is 2.92. The fourth-order valence-electron chi connectivity index (χ4n) is 2.21. The first-order chi connectivity index (χ1) is 10.2. The maximum Gasteiger partial charge on any atom is 0.296 e. The normalized spacial score (nSPS) is 18.8. The summed E-state index contributed by atoms with van der Waals surface area (Å²) in [5.74, 6) is -2.46. The molecule has 5 heteroatoms. The predicted molar refractivity (Wildman–Crippen MR) is 77.3 cm³/mol. The molecule has 21 heavy (non-hydrogen) atoms. The molecule has 1 N–H and O–H groups in total. The van der Waals surface area contributed by atoms with Gasteiger partial charge in [-0.05, 0) is 18.2 Å². The largest absolute Gasteiger partial charge is 0.317 e. The van der Waals surface area contributed by atoms with Crippen LogP contribution in [0.25, 0.3) is 0 Å². The maximum atomic E-state index is 13.5. The van der Waals surface area contributed by atoms with Crippen molar-refractivity contribution in [2.24, 2.45) is 10.9 Å². The monoisotopic (exact) mass is 282 g/mol. The molecule has 1 aliphatic heterocycles. The van der Waals surface area contributed by atoms with Crippen LogP contribution < -0.4 is 5.32 Å². The van der Waals surface area contributed by atoms with Crippen LogP contribution in [0.1, 0.15) is 0 Å². The minimum absolute atomic E-state index is 0.0188. The Morgan fingerprint density at radius 3 is 2.81 bits per heavy atom. The van der Waals surface area contributed by atoms with E-state index in [9.17, 15) is 14.0 Å². The van der Waals surface area contributed by atoms with E-state index in [1.807, 2.05) is 6.08 Å². The highest BCUT2D eigenvalue weighted by atomic mass is 19.1. The Labute approximate surface area is 120 Å². The third-order valence-corrected chi connectivity index (χ3v) is 3.28. The molecule has 104 valence electrons. The van der Waals surface area contributed by atoms with Gasteiger partial charge in [-0.3, -0.25) is 14.6 Å². The van der Waals surface area contributed by atoms with Gasteiger partial charge in [0.15, 0.2) is 0 Å². The number of carbonyl (C=O) groups is 2. The van der Waals surface area contributed by atoms with Gasteiger partial charge in [0.2, 0.25) is 5.78 Å². The van der Waals surface area contributed by atoms with Crippen LogP contribution in [0.4, 0.5) is 10.1 Å². The highest BCUT2D eigenvalue weighted by Crippen LogP contribution is 2.26. The van der Waals surface area contributed by atoms with E-state index in [2.05, 4.69) is 10.3 Å². The van der Waals surface area contributed by atoms with Crippen LogP contribution in [0, 0.1) is 11.7 Å². The Hall–Kier alpha value is -2.82. The molecule has 0 spiro atoms. The molecule has 2 aliphatic rings. The minimum Gasteiger partial charge on any atom is -0.317 e. The molecule has 1 heterocycles. The van der Waals surface area contributed by atoms with E-state index in [-0.39, 0.29) is 11.6 Å². The Kier molecular flexibility index (Phi) is 3.31. The number of ketones is 1. The zero-order chi connectivity index (χ0) is 14.8. The highest BCUT2D eigenvalue weighted by molar-refractivity contribution is 6.47. The molecule has 3 rings (SSSR count). The number of allylic oxidation sites excluding steroid dienone is 4. The fraction of sp³-hybridized carbons (Fsp3) is 0.0625. The van der Waals surface area contributed by atoms with Gasteiger partial charge in [0, 0.05) is 11.8 Å². The van der Waals surface area contributed by atoms with Crippen molar-refractivity contribution in [3.8, 4) is 0 Å². The molecule has 4 nitrogen and oxygen atoms in total. The van der Waals surface area contributed by atoms with Gasteiger partial charge < -0.3 is 5.32 Å². The Morgan fingerprint density at radius 1 is 1.19 bits per heavy atom. The number of hydrogen-bond acceptors (Lipinski definition) is 3. The standard InChI is InChI=1S/C16H11FN2O2/c17-12-6-2-4-8-14(12)19-16(21)15(20)11-9-18-13-7-3-1-5-10(11)13/h1-10H,(H,19,21). The SMILES string of the molecule is O=C(Nc1ccccc1F)C(=O)C1=CN=C2C=CC=CC12. The first kappa shape index (κ1) is 13.2. The van der Waals surface area contributed by atoms with Crippen LogP contribution in [0.5, 0.6) is 0 Å². The minimum atomic E-state index is -0.870. The Bertz CT molecular complexity index is 744. The lowest BCUT2D eigenvalue weighted by Crippen LogP contribution is -2.28. The molecule has 1 atom stereocenters. The third kappa shape index (κ3) is 2.45. The van der Waals surface area contributed by atoms with Crippen molar-refractivity contribution in [1.82, 2.24) is 0 Å². The predicted octanol–water partition coefficient (Wildman–Crippen LogP) is 2.41. The molecule has 1 aliphatic carbocycles. The molecule has 0 radical (unpaired) electrons. The van der Waals surface area contributed by atoms with E-state index in [1.165, 1.54) is 24.4 Å². The number of halogens is 1. The molecule has 1 aromatic rings. The number of nitrogens with zero attached hydrogens (tertiary/aromatic N) is 1. The van der Waals surface area contributed by atoms with E-state index in [0.29, 0.717) is 5.57 Å². The molecule has 1 aromatic carbocycles. The summed E-state index contributed by atoms with van der Waals surface area (Å²) in [5.41, 5.74) is 0.994. The van der Waals surface area contributed by atoms with Crippen LogP contribution in [0.2, 0.25) is 0 Å². The molecule has 1 amide bonds. The van der Waals surface area contributed by atoms with Crippen molar-refractivity contribution < 1.29 is 14.0 Å². The second kappa shape index (κ2) is 5.28. The van der Waals surface area contributed by atoms with Crippen molar-refractivity contribution in [1.29, 1.82) is 0 Å². The molecule has 0 saturated carbocycles. The quantitative estimate of drug-likeness (QED) is 0.865. The highest BCUT2D eigenvalue weighted by Gasteiger charge is 2.31.